The SMILES string of the molecule is O=C(Cc1cccc2ccccc12)N[C@@H](CO)C(=O)N1CCCCC1. The molecule has 5 heteroatoms. The predicted octanol–water partition coefficient (Wildman–Crippen LogP) is 1.87. The molecule has 1 heterocycles. The molecular formula is C20H24N2O3. The number of aliphatic hydroxyl groups is 1. The van der Waals surface area contributed by atoms with E-state index >= 15 is 0 Å². The van der Waals surface area contributed by atoms with Gasteiger partial charge in [-0.05, 0) is 35.6 Å². The van der Waals surface area contributed by atoms with Gasteiger partial charge in [0, 0.05) is 13.1 Å². The van der Waals surface area contributed by atoms with Crippen LogP contribution >= 0.6 is 0 Å². The zero-order chi connectivity index (χ0) is 17.6. The van der Waals surface area contributed by atoms with E-state index in [9.17, 15) is 14.7 Å². The summed E-state index contributed by atoms with van der Waals surface area (Å²) >= 11 is 0. The molecule has 1 saturated heterocycles. The Labute approximate surface area is 147 Å². The van der Waals surface area contributed by atoms with Crippen molar-refractivity contribution in [1.29, 1.82) is 0 Å². The van der Waals surface area contributed by atoms with Crippen LogP contribution in [0.5, 0.6) is 0 Å². The molecule has 2 amide bonds. The normalized spacial score (nSPS) is 15.8. The second-order valence-corrected chi connectivity index (χ2v) is 6.50. The van der Waals surface area contributed by atoms with Crippen molar-refractivity contribution >= 4 is 22.6 Å². The molecule has 1 atom stereocenters. The highest BCUT2D eigenvalue weighted by Gasteiger charge is 2.26. The highest BCUT2D eigenvalue weighted by atomic mass is 16.3. The third kappa shape index (κ3) is 4.17. The fraction of sp³-hybridized carbons (Fsp3) is 0.400. The van der Waals surface area contributed by atoms with Crippen LogP contribution in [0, 0.1) is 0 Å². The van der Waals surface area contributed by atoms with Crippen LogP contribution in [0.4, 0.5) is 0 Å². The van der Waals surface area contributed by atoms with Crippen LogP contribution in [-0.4, -0.2) is 47.6 Å². The topological polar surface area (TPSA) is 69.6 Å². The second kappa shape index (κ2) is 8.12. The predicted molar refractivity (Wildman–Crippen MR) is 97.1 cm³/mol. The van der Waals surface area contributed by atoms with Gasteiger partial charge in [-0.15, -0.1) is 0 Å². The van der Waals surface area contributed by atoms with Gasteiger partial charge in [0.25, 0.3) is 0 Å². The number of carbonyl (C=O) groups is 2. The van der Waals surface area contributed by atoms with Crippen molar-refractivity contribution in [2.24, 2.45) is 0 Å². The van der Waals surface area contributed by atoms with Crippen molar-refractivity contribution in [2.75, 3.05) is 19.7 Å². The van der Waals surface area contributed by atoms with Crippen LogP contribution in [0.3, 0.4) is 0 Å². The quantitative estimate of drug-likeness (QED) is 0.873. The number of nitrogens with zero attached hydrogens (tertiary/aromatic N) is 1. The number of benzene rings is 2. The van der Waals surface area contributed by atoms with E-state index in [2.05, 4.69) is 5.32 Å². The van der Waals surface area contributed by atoms with Gasteiger partial charge in [0.05, 0.1) is 13.0 Å². The lowest BCUT2D eigenvalue weighted by Crippen LogP contribution is -2.52. The Morgan fingerprint density at radius 3 is 2.52 bits per heavy atom. The average molecular weight is 340 g/mol. The molecule has 0 radical (unpaired) electrons. The molecule has 0 saturated carbocycles. The molecule has 25 heavy (non-hydrogen) atoms. The minimum atomic E-state index is -0.861. The molecule has 132 valence electrons. The molecular weight excluding hydrogens is 316 g/mol. The van der Waals surface area contributed by atoms with Crippen molar-refractivity contribution < 1.29 is 14.7 Å². The molecule has 0 aliphatic carbocycles. The van der Waals surface area contributed by atoms with E-state index in [1.165, 1.54) is 0 Å². The summed E-state index contributed by atoms with van der Waals surface area (Å²) in [6, 6.07) is 12.9. The van der Waals surface area contributed by atoms with Gasteiger partial charge in [0.15, 0.2) is 0 Å². The zero-order valence-corrected chi connectivity index (χ0v) is 14.3. The van der Waals surface area contributed by atoms with E-state index in [0.29, 0.717) is 13.1 Å². The Kier molecular flexibility index (Phi) is 5.66. The number of hydrogen-bond donors (Lipinski definition) is 2. The van der Waals surface area contributed by atoms with Crippen molar-refractivity contribution in [1.82, 2.24) is 10.2 Å². The fourth-order valence-electron chi connectivity index (χ4n) is 3.39. The molecule has 1 aliphatic heterocycles. The van der Waals surface area contributed by atoms with Gasteiger partial charge in [0.2, 0.25) is 11.8 Å². The van der Waals surface area contributed by atoms with Crippen molar-refractivity contribution in [3.63, 3.8) is 0 Å². The maximum absolute atomic E-state index is 12.5. The van der Waals surface area contributed by atoms with Crippen LogP contribution in [0.15, 0.2) is 42.5 Å². The van der Waals surface area contributed by atoms with Gasteiger partial charge < -0.3 is 15.3 Å². The first-order valence-electron chi connectivity index (χ1n) is 8.84. The van der Waals surface area contributed by atoms with E-state index in [4.69, 9.17) is 0 Å². The molecule has 3 rings (SSSR count). The fourth-order valence-corrected chi connectivity index (χ4v) is 3.39. The largest absolute Gasteiger partial charge is 0.394 e. The van der Waals surface area contributed by atoms with E-state index in [1.54, 1.807) is 4.90 Å². The molecule has 5 nitrogen and oxygen atoms in total. The highest BCUT2D eigenvalue weighted by molar-refractivity contribution is 5.92. The van der Waals surface area contributed by atoms with Crippen LogP contribution in [0.1, 0.15) is 24.8 Å². The first-order valence-corrected chi connectivity index (χ1v) is 8.84. The lowest BCUT2D eigenvalue weighted by molar-refractivity contribution is -0.138. The number of rotatable bonds is 5. The molecule has 0 unspecified atom stereocenters. The smallest absolute Gasteiger partial charge is 0.247 e. The van der Waals surface area contributed by atoms with Gasteiger partial charge in [-0.3, -0.25) is 9.59 Å². The van der Waals surface area contributed by atoms with Crippen molar-refractivity contribution in [3.8, 4) is 0 Å². The zero-order valence-electron chi connectivity index (χ0n) is 14.3. The summed E-state index contributed by atoms with van der Waals surface area (Å²) in [4.78, 5) is 26.6. The third-order valence-corrected chi connectivity index (χ3v) is 4.71. The molecule has 2 aromatic carbocycles. The van der Waals surface area contributed by atoms with Crippen LogP contribution in [0.25, 0.3) is 10.8 Å². The summed E-state index contributed by atoms with van der Waals surface area (Å²) in [6.07, 6.45) is 3.27. The standard InChI is InChI=1S/C20H24N2O3/c23-14-18(20(25)22-11-4-1-5-12-22)21-19(24)13-16-9-6-8-15-7-2-3-10-17(15)16/h2-3,6-10,18,23H,1,4-5,11-14H2,(H,21,24)/t18-/m0/s1. The molecule has 1 fully saturated rings. The van der Waals surface area contributed by atoms with Gasteiger partial charge in [-0.25, -0.2) is 0 Å². The minimum Gasteiger partial charge on any atom is -0.394 e. The molecule has 2 aromatic rings. The number of amides is 2. The van der Waals surface area contributed by atoms with Crippen LogP contribution in [-0.2, 0) is 16.0 Å². The third-order valence-electron chi connectivity index (χ3n) is 4.71. The number of nitrogens with one attached hydrogen (secondary N) is 1. The highest BCUT2D eigenvalue weighted by Crippen LogP contribution is 2.19. The van der Waals surface area contributed by atoms with Gasteiger partial charge in [-0.2, -0.15) is 0 Å². The Hall–Kier alpha value is -2.40. The van der Waals surface area contributed by atoms with E-state index in [1.807, 2.05) is 42.5 Å². The molecule has 0 bridgehead atoms. The Morgan fingerprint density at radius 2 is 1.76 bits per heavy atom. The summed E-state index contributed by atoms with van der Waals surface area (Å²) < 4.78 is 0. The maximum Gasteiger partial charge on any atom is 0.247 e. The molecule has 2 N–H and O–H groups in total. The van der Waals surface area contributed by atoms with Crippen molar-refractivity contribution in [2.45, 2.75) is 31.7 Å². The number of fused-ring (bicyclic) bond motifs is 1. The van der Waals surface area contributed by atoms with Gasteiger partial charge in [0.1, 0.15) is 6.04 Å². The summed E-state index contributed by atoms with van der Waals surface area (Å²) in [5.74, 6) is -0.436. The minimum absolute atomic E-state index is 0.186. The summed E-state index contributed by atoms with van der Waals surface area (Å²) in [6.45, 7) is 1.03. The number of hydrogen-bond acceptors (Lipinski definition) is 3. The monoisotopic (exact) mass is 340 g/mol. The number of aliphatic hydroxyl groups excluding tert-OH is 1. The van der Waals surface area contributed by atoms with E-state index in [0.717, 1.165) is 35.6 Å². The first-order chi connectivity index (χ1) is 12.2. The maximum atomic E-state index is 12.5. The van der Waals surface area contributed by atoms with E-state index in [-0.39, 0.29) is 24.8 Å². The summed E-state index contributed by atoms with van der Waals surface area (Å²) in [5, 5.41) is 14.4. The lowest BCUT2D eigenvalue weighted by atomic mass is 10.0. The van der Waals surface area contributed by atoms with Crippen LogP contribution in [0.2, 0.25) is 0 Å². The van der Waals surface area contributed by atoms with Gasteiger partial charge in [-0.1, -0.05) is 42.5 Å². The summed E-state index contributed by atoms with van der Waals surface area (Å²) in [5.41, 5.74) is 0.915. The summed E-state index contributed by atoms with van der Waals surface area (Å²) in [7, 11) is 0. The second-order valence-electron chi connectivity index (χ2n) is 6.50. The average Bonchev–Trinajstić information content (AvgIpc) is 2.66. The van der Waals surface area contributed by atoms with E-state index < -0.39 is 6.04 Å². The molecule has 0 aromatic heterocycles. The number of likely N-dealkylation sites (tertiary alicyclic amines) is 1. The Morgan fingerprint density at radius 1 is 1.04 bits per heavy atom. The molecule has 0 spiro atoms. The van der Waals surface area contributed by atoms with Crippen LogP contribution < -0.4 is 5.32 Å². The molecule has 1 aliphatic rings. The number of carbonyl (C=O) groups excluding carboxylic acids is 2. The number of piperidine rings is 1. The first kappa shape index (κ1) is 17.4. The van der Waals surface area contributed by atoms with Gasteiger partial charge >= 0.3 is 0 Å². The van der Waals surface area contributed by atoms with Crippen molar-refractivity contribution in [3.05, 3.63) is 48.0 Å². The Balaban J connectivity index is 1.66. The Bertz CT molecular complexity index is 748. The lowest BCUT2D eigenvalue weighted by Gasteiger charge is -2.30.